The maximum absolute atomic E-state index is 13.2. The van der Waals surface area contributed by atoms with Crippen LogP contribution >= 0.6 is 0 Å². The highest BCUT2D eigenvalue weighted by Crippen LogP contribution is 2.21. The monoisotopic (exact) mass is 210 g/mol. The van der Waals surface area contributed by atoms with Crippen molar-refractivity contribution in [3.8, 4) is 6.07 Å². The number of hydrogen-bond donors (Lipinski definition) is 1. The van der Waals surface area contributed by atoms with Crippen molar-refractivity contribution in [3.63, 3.8) is 0 Å². The molecule has 1 atom stereocenters. The highest BCUT2D eigenvalue weighted by Gasteiger charge is 2.13. The van der Waals surface area contributed by atoms with Gasteiger partial charge in [0.25, 0.3) is 0 Å². The van der Waals surface area contributed by atoms with Gasteiger partial charge < -0.3 is 5.73 Å². The summed E-state index contributed by atoms with van der Waals surface area (Å²) in [5.41, 5.74) is 5.56. The van der Waals surface area contributed by atoms with Gasteiger partial charge in [0.1, 0.15) is 23.3 Å². The molecule has 0 aliphatic carbocycles. The molecule has 0 radical (unpaired) electrons. The van der Waals surface area contributed by atoms with Crippen LogP contribution < -0.4 is 5.73 Å². The Morgan fingerprint density at radius 2 is 1.93 bits per heavy atom. The fourth-order valence-electron chi connectivity index (χ4n) is 1.39. The minimum atomic E-state index is -0.848. The zero-order chi connectivity index (χ0) is 11.4. The molecule has 4 heteroatoms. The first-order chi connectivity index (χ1) is 7.10. The van der Waals surface area contributed by atoms with Crippen LogP contribution in [0, 0.1) is 23.0 Å². The molecule has 0 amide bonds. The van der Waals surface area contributed by atoms with E-state index in [4.69, 9.17) is 11.0 Å². The summed E-state index contributed by atoms with van der Waals surface area (Å²) in [7, 11) is 0. The van der Waals surface area contributed by atoms with Gasteiger partial charge in [0.2, 0.25) is 0 Å². The summed E-state index contributed by atoms with van der Waals surface area (Å²) in [6.07, 6.45) is 1.50. The molecule has 0 fully saturated rings. The lowest BCUT2D eigenvalue weighted by Crippen LogP contribution is -2.11. The third-order valence-corrected chi connectivity index (χ3v) is 2.20. The highest BCUT2D eigenvalue weighted by molar-refractivity contribution is 5.36. The summed E-state index contributed by atoms with van der Waals surface area (Å²) in [6, 6.07) is 3.34. The summed E-state index contributed by atoms with van der Waals surface area (Å²) < 4.78 is 26.4. The summed E-state index contributed by atoms with van der Waals surface area (Å²) in [5.74, 6) is -1.70. The van der Waals surface area contributed by atoms with Gasteiger partial charge in [-0.3, -0.25) is 0 Å². The third kappa shape index (κ3) is 2.51. The molecule has 0 aliphatic rings. The van der Waals surface area contributed by atoms with Crippen molar-refractivity contribution in [2.45, 2.75) is 25.8 Å². The fourth-order valence-corrected chi connectivity index (χ4v) is 1.39. The van der Waals surface area contributed by atoms with E-state index in [0.717, 1.165) is 18.6 Å². The molecule has 0 saturated heterocycles. The van der Waals surface area contributed by atoms with Crippen molar-refractivity contribution in [2.24, 2.45) is 5.73 Å². The Morgan fingerprint density at radius 1 is 1.40 bits per heavy atom. The summed E-state index contributed by atoms with van der Waals surface area (Å²) in [6.45, 7) is 1.94. The second-order valence-electron chi connectivity index (χ2n) is 3.37. The Bertz CT molecular complexity index is 373. The third-order valence-electron chi connectivity index (χ3n) is 2.20. The molecule has 0 aromatic heterocycles. The Balaban J connectivity index is 3.09. The van der Waals surface area contributed by atoms with Crippen molar-refractivity contribution in [1.82, 2.24) is 0 Å². The first-order valence-corrected chi connectivity index (χ1v) is 4.74. The Morgan fingerprint density at radius 3 is 2.33 bits per heavy atom. The molecule has 1 unspecified atom stereocenters. The number of rotatable bonds is 3. The summed E-state index contributed by atoms with van der Waals surface area (Å²) in [5, 5.41) is 8.47. The number of nitrogens with zero attached hydrogens (tertiary/aromatic N) is 1. The number of halogens is 2. The quantitative estimate of drug-likeness (QED) is 0.833. The molecular formula is C11H12F2N2. The number of nitriles is 1. The van der Waals surface area contributed by atoms with Gasteiger partial charge in [-0.25, -0.2) is 8.78 Å². The van der Waals surface area contributed by atoms with E-state index >= 15 is 0 Å². The van der Waals surface area contributed by atoms with Crippen LogP contribution in [0.25, 0.3) is 0 Å². The Labute approximate surface area is 87.3 Å². The van der Waals surface area contributed by atoms with E-state index in [0.29, 0.717) is 12.0 Å². The van der Waals surface area contributed by atoms with E-state index in [-0.39, 0.29) is 6.04 Å². The molecule has 1 aromatic carbocycles. The predicted octanol–water partition coefficient (Wildman–Crippen LogP) is 2.64. The predicted molar refractivity (Wildman–Crippen MR) is 52.9 cm³/mol. The zero-order valence-corrected chi connectivity index (χ0v) is 8.43. The molecule has 2 nitrogen and oxygen atoms in total. The summed E-state index contributed by atoms with van der Waals surface area (Å²) in [4.78, 5) is 0. The average molecular weight is 210 g/mol. The van der Waals surface area contributed by atoms with Crippen molar-refractivity contribution in [1.29, 1.82) is 5.26 Å². The molecule has 0 aliphatic heterocycles. The topological polar surface area (TPSA) is 49.8 Å². The lowest BCUT2D eigenvalue weighted by atomic mass is 10.0. The Hall–Kier alpha value is -1.47. The van der Waals surface area contributed by atoms with Crippen LogP contribution in [-0.4, -0.2) is 0 Å². The van der Waals surface area contributed by atoms with Crippen molar-refractivity contribution in [2.75, 3.05) is 0 Å². The average Bonchev–Trinajstić information content (AvgIpc) is 2.17. The molecule has 0 saturated carbocycles. The molecule has 0 spiro atoms. The number of benzene rings is 1. The van der Waals surface area contributed by atoms with Crippen LogP contribution in [0.2, 0.25) is 0 Å². The van der Waals surface area contributed by atoms with Gasteiger partial charge in [-0.1, -0.05) is 13.3 Å². The van der Waals surface area contributed by atoms with Crippen LogP contribution in [0.3, 0.4) is 0 Å². The van der Waals surface area contributed by atoms with Gasteiger partial charge in [0.05, 0.1) is 0 Å². The molecule has 15 heavy (non-hydrogen) atoms. The smallest absolute Gasteiger partial charge is 0.144 e. The van der Waals surface area contributed by atoms with Crippen LogP contribution in [0.15, 0.2) is 12.1 Å². The van der Waals surface area contributed by atoms with E-state index < -0.39 is 17.2 Å². The highest BCUT2D eigenvalue weighted by atomic mass is 19.1. The minimum absolute atomic E-state index is 0.383. The van der Waals surface area contributed by atoms with E-state index in [2.05, 4.69) is 0 Å². The maximum Gasteiger partial charge on any atom is 0.144 e. The SMILES string of the molecule is CCCC(N)c1cc(F)c(C#N)c(F)c1. The standard InChI is InChI=1S/C11H12F2N2/c1-2-3-11(15)7-4-9(12)8(6-14)10(13)5-7/h4-5,11H,2-3,15H2,1H3. The molecule has 0 heterocycles. The molecule has 2 N–H and O–H groups in total. The van der Waals surface area contributed by atoms with Gasteiger partial charge in [-0.15, -0.1) is 0 Å². The second-order valence-corrected chi connectivity index (χ2v) is 3.37. The van der Waals surface area contributed by atoms with Gasteiger partial charge in [-0.2, -0.15) is 5.26 Å². The van der Waals surface area contributed by atoms with Gasteiger partial charge in [-0.05, 0) is 24.1 Å². The molecule has 1 aromatic rings. The van der Waals surface area contributed by atoms with Crippen LogP contribution in [-0.2, 0) is 0 Å². The lowest BCUT2D eigenvalue weighted by molar-refractivity contribution is 0.560. The second kappa shape index (κ2) is 4.85. The van der Waals surface area contributed by atoms with E-state index in [9.17, 15) is 8.78 Å². The first kappa shape index (κ1) is 11.6. The van der Waals surface area contributed by atoms with Gasteiger partial charge in [0.15, 0.2) is 0 Å². The number of hydrogen-bond acceptors (Lipinski definition) is 2. The largest absolute Gasteiger partial charge is 0.324 e. The van der Waals surface area contributed by atoms with Crippen LogP contribution in [0.1, 0.15) is 36.9 Å². The lowest BCUT2D eigenvalue weighted by Gasteiger charge is -2.11. The van der Waals surface area contributed by atoms with Crippen molar-refractivity contribution < 1.29 is 8.78 Å². The first-order valence-electron chi connectivity index (χ1n) is 4.74. The molecule has 80 valence electrons. The fraction of sp³-hybridized carbons (Fsp3) is 0.364. The Kier molecular flexibility index (Phi) is 3.75. The van der Waals surface area contributed by atoms with E-state index in [1.54, 1.807) is 0 Å². The van der Waals surface area contributed by atoms with Crippen molar-refractivity contribution >= 4 is 0 Å². The van der Waals surface area contributed by atoms with Crippen LogP contribution in [0.5, 0.6) is 0 Å². The van der Waals surface area contributed by atoms with E-state index in [1.807, 2.05) is 6.92 Å². The molecular weight excluding hydrogens is 198 g/mol. The molecule has 1 rings (SSSR count). The van der Waals surface area contributed by atoms with Crippen LogP contribution in [0.4, 0.5) is 8.78 Å². The minimum Gasteiger partial charge on any atom is -0.324 e. The van der Waals surface area contributed by atoms with Crippen molar-refractivity contribution in [3.05, 3.63) is 34.9 Å². The van der Waals surface area contributed by atoms with E-state index in [1.165, 1.54) is 6.07 Å². The molecule has 0 bridgehead atoms. The zero-order valence-electron chi connectivity index (χ0n) is 8.43. The van der Waals surface area contributed by atoms with Gasteiger partial charge >= 0.3 is 0 Å². The summed E-state index contributed by atoms with van der Waals surface area (Å²) >= 11 is 0. The van der Waals surface area contributed by atoms with Gasteiger partial charge in [0, 0.05) is 6.04 Å². The maximum atomic E-state index is 13.2. The number of nitrogens with two attached hydrogens (primary N) is 1. The normalized spacial score (nSPS) is 12.2.